The van der Waals surface area contributed by atoms with E-state index in [1.54, 1.807) is 11.3 Å². The van der Waals surface area contributed by atoms with Crippen LogP contribution in [-0.4, -0.2) is 38.0 Å². The van der Waals surface area contributed by atoms with Crippen molar-refractivity contribution < 1.29 is 9.53 Å². The lowest BCUT2D eigenvalue weighted by Crippen LogP contribution is -2.14. The Balaban J connectivity index is 1.41. The maximum Gasteiger partial charge on any atom is 0.236 e. The molecule has 0 saturated carbocycles. The molecular weight excluding hydrogens is 426 g/mol. The molecule has 4 aromatic rings. The summed E-state index contributed by atoms with van der Waals surface area (Å²) in [6.07, 6.45) is 0. The molecule has 0 aliphatic heterocycles. The highest BCUT2D eigenvalue weighted by molar-refractivity contribution is 7.99. The van der Waals surface area contributed by atoms with Gasteiger partial charge in [0, 0.05) is 6.54 Å². The van der Waals surface area contributed by atoms with Crippen molar-refractivity contribution >= 4 is 55.7 Å². The minimum Gasteiger partial charge on any atom is -0.494 e. The van der Waals surface area contributed by atoms with Crippen LogP contribution < -0.4 is 10.1 Å². The van der Waals surface area contributed by atoms with Gasteiger partial charge in [-0.05, 0) is 43.5 Å². The Kier molecular flexibility index (Phi) is 6.12. The molecule has 1 N–H and O–H groups in total. The van der Waals surface area contributed by atoms with Gasteiger partial charge in [0.1, 0.15) is 5.75 Å². The van der Waals surface area contributed by atoms with E-state index in [1.807, 2.05) is 54.1 Å². The summed E-state index contributed by atoms with van der Waals surface area (Å²) in [5.41, 5.74) is 0.840. The van der Waals surface area contributed by atoms with E-state index in [-0.39, 0.29) is 11.7 Å². The van der Waals surface area contributed by atoms with E-state index in [0.29, 0.717) is 11.7 Å². The van der Waals surface area contributed by atoms with Crippen LogP contribution in [0.1, 0.15) is 13.8 Å². The molecule has 0 atom stereocenters. The van der Waals surface area contributed by atoms with Gasteiger partial charge < -0.3 is 14.6 Å². The lowest BCUT2D eigenvalue weighted by molar-refractivity contribution is -0.113. The van der Waals surface area contributed by atoms with Gasteiger partial charge in [0.15, 0.2) is 16.1 Å². The molecule has 0 aliphatic rings. The van der Waals surface area contributed by atoms with Crippen LogP contribution in [0.2, 0.25) is 0 Å². The van der Waals surface area contributed by atoms with Gasteiger partial charge in [0.05, 0.1) is 27.5 Å². The van der Waals surface area contributed by atoms with Crippen LogP contribution in [-0.2, 0) is 11.3 Å². The van der Waals surface area contributed by atoms with Crippen LogP contribution in [0, 0.1) is 0 Å². The lowest BCUT2D eigenvalue weighted by Gasteiger charge is -2.06. The van der Waals surface area contributed by atoms with Crippen molar-refractivity contribution in [3.63, 3.8) is 0 Å². The average molecular weight is 446 g/mol. The number of nitrogens with zero attached hydrogens (tertiary/aromatic N) is 4. The third kappa shape index (κ3) is 4.44. The van der Waals surface area contributed by atoms with Crippen LogP contribution in [0.25, 0.3) is 20.9 Å². The fraction of sp³-hybridized carbons (Fsp3) is 0.263. The number of aromatic nitrogens is 4. The highest BCUT2D eigenvalue weighted by Crippen LogP contribution is 2.30. The summed E-state index contributed by atoms with van der Waals surface area (Å²) in [6, 6.07) is 9.74. The summed E-state index contributed by atoms with van der Waals surface area (Å²) < 4.78 is 8.52. The number of fused-ring (bicyclic) bond motifs is 1. The number of nitrogens with one attached hydrogen (secondary N) is 1. The minimum atomic E-state index is -0.123. The van der Waals surface area contributed by atoms with E-state index in [4.69, 9.17) is 4.74 Å². The number of carbonyl (C=O) groups excluding carboxylic acids is 1. The Morgan fingerprint density at radius 1 is 1.28 bits per heavy atom. The quantitative estimate of drug-likeness (QED) is 0.394. The predicted octanol–water partition coefficient (Wildman–Crippen LogP) is 4.77. The van der Waals surface area contributed by atoms with E-state index in [1.165, 1.54) is 23.1 Å². The monoisotopic (exact) mass is 445 g/mol. The van der Waals surface area contributed by atoms with Crippen LogP contribution in [0.15, 0.2) is 40.9 Å². The van der Waals surface area contributed by atoms with Crippen molar-refractivity contribution in [2.45, 2.75) is 25.5 Å². The summed E-state index contributed by atoms with van der Waals surface area (Å²) >= 11 is 4.43. The smallest absolute Gasteiger partial charge is 0.236 e. The number of thiazole rings is 1. The van der Waals surface area contributed by atoms with Crippen LogP contribution >= 0.6 is 34.4 Å². The molecule has 29 heavy (non-hydrogen) atoms. The lowest BCUT2D eigenvalue weighted by atomic mass is 10.3. The molecule has 3 aromatic heterocycles. The summed E-state index contributed by atoms with van der Waals surface area (Å²) in [5, 5.41) is 14.8. The molecule has 150 valence electrons. The summed E-state index contributed by atoms with van der Waals surface area (Å²) in [6.45, 7) is 5.34. The molecule has 1 amide bonds. The van der Waals surface area contributed by atoms with E-state index in [2.05, 4.69) is 20.5 Å². The number of anilines is 1. The van der Waals surface area contributed by atoms with Gasteiger partial charge in [-0.15, -0.1) is 21.5 Å². The van der Waals surface area contributed by atoms with Gasteiger partial charge in [0.25, 0.3) is 0 Å². The third-order valence-corrected chi connectivity index (χ3v) is 6.79. The largest absolute Gasteiger partial charge is 0.494 e. The molecule has 3 heterocycles. The summed E-state index contributed by atoms with van der Waals surface area (Å²) in [4.78, 5) is 18.0. The van der Waals surface area contributed by atoms with Crippen LogP contribution in [0.5, 0.6) is 5.75 Å². The molecule has 1 aromatic carbocycles. The zero-order valence-corrected chi connectivity index (χ0v) is 18.4. The number of hydrogen-bond donors (Lipinski definition) is 1. The van der Waals surface area contributed by atoms with Gasteiger partial charge in [-0.3, -0.25) is 4.79 Å². The number of benzene rings is 1. The highest BCUT2D eigenvalue weighted by Gasteiger charge is 2.16. The first-order valence-electron chi connectivity index (χ1n) is 9.11. The zero-order valence-electron chi connectivity index (χ0n) is 15.9. The van der Waals surface area contributed by atoms with Gasteiger partial charge in [0.2, 0.25) is 5.91 Å². The highest BCUT2D eigenvalue weighted by atomic mass is 32.2. The first-order chi connectivity index (χ1) is 14.2. The van der Waals surface area contributed by atoms with Crippen LogP contribution in [0.4, 0.5) is 5.13 Å². The molecule has 0 fully saturated rings. The number of rotatable bonds is 8. The Labute approximate surface area is 180 Å². The van der Waals surface area contributed by atoms with E-state index >= 15 is 0 Å². The molecule has 0 bridgehead atoms. The zero-order chi connectivity index (χ0) is 20.2. The van der Waals surface area contributed by atoms with Crippen LogP contribution in [0.3, 0.4) is 0 Å². The standard InChI is InChI=1S/C19H19N5O2S3/c1-3-24-17(14-6-5-9-27-14)22-23-19(24)28-11-16(25)21-18-20-13-8-7-12(26-4-2)10-15(13)29-18/h5-10H,3-4,11H2,1-2H3,(H,20,21,25). The van der Waals surface area contributed by atoms with Crippen molar-refractivity contribution in [3.05, 3.63) is 35.7 Å². The maximum absolute atomic E-state index is 12.4. The Morgan fingerprint density at radius 3 is 2.93 bits per heavy atom. The first kappa shape index (κ1) is 19.9. The molecule has 4 rings (SSSR count). The summed E-state index contributed by atoms with van der Waals surface area (Å²) in [7, 11) is 0. The molecule has 0 spiro atoms. The van der Waals surface area contributed by atoms with Crippen molar-refractivity contribution in [3.8, 4) is 16.5 Å². The second-order valence-corrected chi connectivity index (χ2v) is 8.87. The fourth-order valence-electron chi connectivity index (χ4n) is 2.77. The first-order valence-corrected chi connectivity index (χ1v) is 11.8. The van der Waals surface area contributed by atoms with Gasteiger partial charge in [-0.1, -0.05) is 29.2 Å². The second kappa shape index (κ2) is 8.93. The molecule has 7 nitrogen and oxygen atoms in total. The Morgan fingerprint density at radius 2 is 2.17 bits per heavy atom. The topological polar surface area (TPSA) is 81.9 Å². The SMILES string of the molecule is CCOc1ccc2nc(NC(=O)CSc3nnc(-c4cccs4)n3CC)sc2c1. The Hall–Kier alpha value is -2.43. The number of ether oxygens (including phenoxy) is 1. The third-order valence-electron chi connectivity index (χ3n) is 4.02. The average Bonchev–Trinajstić information content (AvgIpc) is 3.44. The molecular formula is C19H19N5O2S3. The molecule has 10 heteroatoms. The Bertz CT molecular complexity index is 1120. The van der Waals surface area contributed by atoms with E-state index in [9.17, 15) is 4.79 Å². The number of thioether (sulfide) groups is 1. The van der Waals surface area contributed by atoms with Gasteiger partial charge in [-0.25, -0.2) is 4.98 Å². The second-order valence-electron chi connectivity index (χ2n) is 5.95. The van der Waals surface area contributed by atoms with Crippen molar-refractivity contribution in [2.75, 3.05) is 17.7 Å². The number of amides is 1. The molecule has 0 radical (unpaired) electrons. The van der Waals surface area contributed by atoms with E-state index < -0.39 is 0 Å². The number of carbonyl (C=O) groups is 1. The molecule has 0 saturated heterocycles. The number of hydrogen-bond acceptors (Lipinski definition) is 8. The molecule has 0 aliphatic carbocycles. The minimum absolute atomic E-state index is 0.123. The fourth-order valence-corrected chi connectivity index (χ4v) is 5.20. The predicted molar refractivity (Wildman–Crippen MR) is 119 cm³/mol. The number of thiophene rings is 1. The van der Waals surface area contributed by atoms with Crippen molar-refractivity contribution in [1.29, 1.82) is 0 Å². The van der Waals surface area contributed by atoms with Crippen molar-refractivity contribution in [2.24, 2.45) is 0 Å². The van der Waals surface area contributed by atoms with Crippen molar-refractivity contribution in [1.82, 2.24) is 19.7 Å². The molecule has 0 unspecified atom stereocenters. The normalized spacial score (nSPS) is 11.1. The van der Waals surface area contributed by atoms with Gasteiger partial charge in [-0.2, -0.15) is 0 Å². The maximum atomic E-state index is 12.4. The van der Waals surface area contributed by atoms with E-state index in [0.717, 1.165) is 38.4 Å². The van der Waals surface area contributed by atoms with Gasteiger partial charge >= 0.3 is 0 Å². The summed E-state index contributed by atoms with van der Waals surface area (Å²) in [5.74, 6) is 1.75.